The zero-order valence-corrected chi connectivity index (χ0v) is 27.5. The predicted molar refractivity (Wildman–Crippen MR) is 143 cm³/mol. The van der Waals surface area contributed by atoms with E-state index in [-0.39, 0.29) is 14.9 Å². The molecule has 0 saturated heterocycles. The quantitative estimate of drug-likeness (QED) is 0.220. The Kier molecular flexibility index (Phi) is 15.2. The van der Waals surface area contributed by atoms with E-state index < -0.39 is 36.0 Å². The van der Waals surface area contributed by atoms with E-state index in [4.69, 9.17) is 17.0 Å². The summed E-state index contributed by atoms with van der Waals surface area (Å²) in [6, 6.07) is 0. The number of fused-ring (bicyclic) bond motifs is 1. The van der Waals surface area contributed by atoms with Crippen molar-refractivity contribution in [3.05, 3.63) is 14.9 Å². The maximum atomic E-state index is 4.93. The molecule has 3 fully saturated rings. The molecule has 30 heavy (non-hydrogen) atoms. The van der Waals surface area contributed by atoms with Gasteiger partial charge in [0.2, 0.25) is 0 Å². The molecule has 5 heteroatoms. The number of rotatable bonds is 6. The maximum absolute atomic E-state index is 4.93. The molecule has 0 amide bonds. The van der Waals surface area contributed by atoms with Crippen LogP contribution in [0.4, 0.5) is 0 Å². The van der Waals surface area contributed by atoms with Gasteiger partial charge in [-0.05, 0) is 41.2 Å². The van der Waals surface area contributed by atoms with Gasteiger partial charge in [0.1, 0.15) is 0 Å². The molecule has 0 radical (unpaired) electrons. The molecule has 0 spiro atoms. The molecule has 3 saturated carbocycles. The molecule has 0 aromatic heterocycles. The van der Waals surface area contributed by atoms with Gasteiger partial charge >= 0.3 is 37.9 Å². The van der Waals surface area contributed by atoms with Crippen molar-refractivity contribution < 1.29 is 20.8 Å². The van der Waals surface area contributed by atoms with Crippen LogP contribution in [-0.2, 0) is 20.8 Å². The third-order valence-corrected chi connectivity index (χ3v) is 30.7. The van der Waals surface area contributed by atoms with Crippen LogP contribution >= 0.6 is 17.0 Å². The van der Waals surface area contributed by atoms with Crippen LogP contribution in [0, 0.1) is 38.5 Å². The summed E-state index contributed by atoms with van der Waals surface area (Å²) in [7, 11) is 7.64. The zero-order valence-electron chi connectivity index (χ0n) is 21.5. The van der Waals surface area contributed by atoms with E-state index >= 15 is 0 Å². The summed E-state index contributed by atoms with van der Waals surface area (Å²) in [4.78, 5) is 0. The summed E-state index contributed by atoms with van der Waals surface area (Å²) < 4.78 is 0. The van der Waals surface area contributed by atoms with Crippen LogP contribution in [-0.4, -0.2) is 15.2 Å². The van der Waals surface area contributed by atoms with Gasteiger partial charge in [0.15, 0.2) is 0 Å². The molecule has 0 heterocycles. The van der Waals surface area contributed by atoms with Crippen molar-refractivity contribution in [2.75, 3.05) is 0 Å². The fraction of sp³-hybridized carbons (Fsp3) is 0.920. The van der Waals surface area contributed by atoms with Crippen LogP contribution in [0.1, 0.15) is 84.5 Å². The fourth-order valence-corrected chi connectivity index (χ4v) is 21.6. The monoisotopic (exact) mass is 568 g/mol. The SMILES string of the molecule is CCCCC1CCC([Si](C)(C)[Si](C)(C)C2CCC3C(C)CCCC32)C1.[CH3-].[CH3-].[Cl][Zr+2][Cl]. The summed E-state index contributed by atoms with van der Waals surface area (Å²) in [5, 5.41) is 0. The molecule has 6 atom stereocenters. The predicted octanol–water partition coefficient (Wildman–Crippen LogP) is 10.3. The van der Waals surface area contributed by atoms with E-state index in [2.05, 4.69) is 40.0 Å². The standard InChI is InChI=1S/C23H46Si2.2CH3.2ClH.Zr/c1-7-8-11-19-13-14-20(17-19)24(3,4)25(5,6)23-16-15-21-18(2)10-9-12-22(21)23;;;;;/h18-23H,7-17H2,1-6H3;2*1H3;2*1H;/q;2*-1;;;+4/p-2. The minimum atomic E-state index is -1.12. The summed E-state index contributed by atoms with van der Waals surface area (Å²) in [6.07, 6.45) is 17.0. The number of hydrogen-bond donors (Lipinski definition) is 0. The van der Waals surface area contributed by atoms with Crippen LogP contribution in [0.2, 0.25) is 37.3 Å². The average Bonchev–Trinajstić information content (AvgIpc) is 3.29. The molecule has 3 rings (SSSR count). The van der Waals surface area contributed by atoms with Crippen LogP contribution in [0.5, 0.6) is 0 Å². The number of halogens is 2. The van der Waals surface area contributed by atoms with E-state index in [0.29, 0.717) is 0 Å². The van der Waals surface area contributed by atoms with E-state index in [9.17, 15) is 0 Å². The first-order chi connectivity index (χ1) is 13.2. The number of hydrogen-bond acceptors (Lipinski definition) is 0. The van der Waals surface area contributed by atoms with Crippen molar-refractivity contribution in [2.45, 2.75) is 122 Å². The van der Waals surface area contributed by atoms with Gasteiger partial charge < -0.3 is 14.9 Å². The van der Waals surface area contributed by atoms with Gasteiger partial charge in [0.05, 0.1) is 0 Å². The summed E-state index contributed by atoms with van der Waals surface area (Å²) >= 11 is -0.826. The van der Waals surface area contributed by atoms with Gasteiger partial charge in [-0.3, -0.25) is 0 Å². The second-order valence-corrected chi connectivity index (χ2v) is 31.4. The Morgan fingerprint density at radius 1 is 0.833 bits per heavy atom. The van der Waals surface area contributed by atoms with Gasteiger partial charge in [-0.15, -0.1) is 0 Å². The Bertz CT molecular complexity index is 472. The first-order valence-corrected chi connectivity index (χ1v) is 25.6. The Morgan fingerprint density at radius 2 is 1.47 bits per heavy atom. The van der Waals surface area contributed by atoms with Crippen LogP contribution in [0.3, 0.4) is 0 Å². The van der Waals surface area contributed by atoms with Crippen LogP contribution in [0.15, 0.2) is 0 Å². The topological polar surface area (TPSA) is 0 Å². The molecular weight excluding hydrogens is 519 g/mol. The Hall–Kier alpha value is 1.90. The second-order valence-electron chi connectivity index (χ2n) is 11.5. The normalized spacial score (nSPS) is 33.3. The van der Waals surface area contributed by atoms with Gasteiger partial charge in [-0.25, -0.2) is 0 Å². The van der Waals surface area contributed by atoms with Crippen LogP contribution < -0.4 is 0 Å². The Morgan fingerprint density at radius 3 is 2.07 bits per heavy atom. The molecule has 0 nitrogen and oxygen atoms in total. The molecule has 0 aliphatic heterocycles. The van der Waals surface area contributed by atoms with E-state index in [0.717, 1.165) is 29.2 Å². The molecule has 0 N–H and O–H groups in total. The fourth-order valence-electron chi connectivity index (χ4n) is 7.50. The van der Waals surface area contributed by atoms with Crippen molar-refractivity contribution in [3.63, 3.8) is 0 Å². The van der Waals surface area contributed by atoms with E-state index in [1.807, 2.05) is 0 Å². The minimum absolute atomic E-state index is 0. The molecule has 3 aliphatic carbocycles. The summed E-state index contributed by atoms with van der Waals surface area (Å²) in [6.45, 7) is 16.4. The third kappa shape index (κ3) is 7.20. The molecule has 6 unspecified atom stereocenters. The Labute approximate surface area is 211 Å². The first-order valence-electron chi connectivity index (χ1n) is 12.2. The molecule has 0 aromatic rings. The molecule has 3 aliphatic rings. The molecular formula is C25H52Cl2Si2Zr. The van der Waals surface area contributed by atoms with Gasteiger partial charge in [-0.1, -0.05) is 104 Å². The summed E-state index contributed by atoms with van der Waals surface area (Å²) in [5.74, 6) is 4.36. The average molecular weight is 571 g/mol. The van der Waals surface area contributed by atoms with Crippen molar-refractivity contribution >= 4 is 32.2 Å². The first kappa shape index (κ1) is 31.9. The third-order valence-electron chi connectivity index (χ3n) is 9.92. The van der Waals surface area contributed by atoms with Gasteiger partial charge in [0.25, 0.3) is 0 Å². The molecule has 178 valence electrons. The van der Waals surface area contributed by atoms with Crippen molar-refractivity contribution in [1.29, 1.82) is 0 Å². The van der Waals surface area contributed by atoms with Crippen molar-refractivity contribution in [3.8, 4) is 0 Å². The summed E-state index contributed by atoms with van der Waals surface area (Å²) in [5.41, 5.74) is 2.34. The van der Waals surface area contributed by atoms with Crippen molar-refractivity contribution in [2.24, 2.45) is 23.7 Å². The Balaban J connectivity index is 0.00000159. The van der Waals surface area contributed by atoms with Crippen LogP contribution in [0.25, 0.3) is 0 Å². The van der Waals surface area contributed by atoms with E-state index in [1.165, 1.54) is 37.6 Å². The van der Waals surface area contributed by atoms with Gasteiger partial charge in [0, 0.05) is 15.2 Å². The van der Waals surface area contributed by atoms with Gasteiger partial charge in [-0.2, -0.15) is 0 Å². The second kappa shape index (κ2) is 14.3. The van der Waals surface area contributed by atoms with E-state index in [1.54, 1.807) is 38.5 Å². The molecule has 0 bridgehead atoms. The number of unbranched alkanes of at least 4 members (excludes halogenated alkanes) is 1. The zero-order chi connectivity index (χ0) is 20.9. The molecule has 0 aromatic carbocycles. The van der Waals surface area contributed by atoms with Crippen molar-refractivity contribution in [1.82, 2.24) is 0 Å².